The normalized spacial score (nSPS) is 18.2. The quantitative estimate of drug-likeness (QED) is 0.733. The highest BCUT2D eigenvalue weighted by Crippen LogP contribution is 2.38. The van der Waals surface area contributed by atoms with Crippen molar-refractivity contribution in [3.05, 3.63) is 99.8 Å². The monoisotopic (exact) mass is 374 g/mol. The Labute approximate surface area is 161 Å². The predicted molar refractivity (Wildman–Crippen MR) is 105 cm³/mol. The van der Waals surface area contributed by atoms with E-state index in [9.17, 15) is 14.4 Å². The van der Waals surface area contributed by atoms with E-state index in [2.05, 4.69) is 5.32 Å². The van der Waals surface area contributed by atoms with E-state index in [0.717, 1.165) is 11.1 Å². The van der Waals surface area contributed by atoms with Crippen molar-refractivity contribution in [2.24, 2.45) is 0 Å². The predicted octanol–water partition coefficient (Wildman–Crippen LogP) is 2.53. The minimum Gasteiger partial charge on any atom is -0.481 e. The maximum Gasteiger partial charge on any atom is 0.307 e. The molecule has 1 unspecified atom stereocenters. The van der Waals surface area contributed by atoms with Crippen molar-refractivity contribution in [2.45, 2.75) is 11.8 Å². The first-order valence-corrected chi connectivity index (χ1v) is 8.89. The molecule has 1 atom stereocenters. The fraction of sp³-hybridized carbons (Fsp3) is 0.136. The zero-order chi connectivity index (χ0) is 19.7. The minimum atomic E-state index is -0.995. The number of aromatic nitrogens is 1. The van der Waals surface area contributed by atoms with Crippen LogP contribution >= 0.6 is 0 Å². The molecule has 0 amide bonds. The fourth-order valence-electron chi connectivity index (χ4n) is 3.72. The summed E-state index contributed by atoms with van der Waals surface area (Å²) in [5.41, 5.74) is 1.08. The summed E-state index contributed by atoms with van der Waals surface area (Å²) in [4.78, 5) is 36.3. The van der Waals surface area contributed by atoms with Gasteiger partial charge in [0.25, 0.3) is 0 Å². The number of fused-ring (bicyclic) bond motifs is 1. The van der Waals surface area contributed by atoms with Crippen molar-refractivity contribution < 1.29 is 14.7 Å². The molecule has 0 saturated carbocycles. The molecule has 0 spiro atoms. The summed E-state index contributed by atoms with van der Waals surface area (Å²) in [5, 5.41) is 12.2. The number of carbonyl (C=O) groups is 2. The van der Waals surface area contributed by atoms with Crippen LogP contribution in [0.1, 0.15) is 21.5 Å². The Kier molecular flexibility index (Phi) is 4.31. The Bertz CT molecular complexity index is 1100. The molecule has 2 N–H and O–H groups in total. The van der Waals surface area contributed by atoms with Crippen LogP contribution in [0.5, 0.6) is 0 Å². The Morgan fingerprint density at radius 2 is 1.68 bits per heavy atom. The van der Waals surface area contributed by atoms with Crippen LogP contribution in [0.3, 0.4) is 0 Å². The van der Waals surface area contributed by atoms with Crippen molar-refractivity contribution in [3.63, 3.8) is 0 Å². The molecule has 1 aliphatic heterocycles. The van der Waals surface area contributed by atoms with Crippen LogP contribution in [-0.2, 0) is 16.6 Å². The zero-order valence-corrected chi connectivity index (χ0v) is 15.0. The summed E-state index contributed by atoms with van der Waals surface area (Å²) in [6.45, 7) is 0.289. The number of benzene rings is 2. The van der Waals surface area contributed by atoms with Gasteiger partial charge in [0.1, 0.15) is 11.2 Å². The second-order valence-electron chi connectivity index (χ2n) is 6.82. The van der Waals surface area contributed by atoms with Gasteiger partial charge in [-0.05, 0) is 16.7 Å². The lowest BCUT2D eigenvalue weighted by molar-refractivity contribution is -0.136. The number of carboxylic acid groups (broad SMARTS) is 1. The van der Waals surface area contributed by atoms with Crippen LogP contribution < -0.4 is 10.7 Å². The minimum absolute atomic E-state index is 0.0747. The van der Waals surface area contributed by atoms with E-state index < -0.39 is 11.4 Å². The fourth-order valence-corrected chi connectivity index (χ4v) is 3.72. The highest BCUT2D eigenvalue weighted by atomic mass is 16.4. The van der Waals surface area contributed by atoms with Crippen molar-refractivity contribution in [1.82, 2.24) is 4.57 Å². The summed E-state index contributed by atoms with van der Waals surface area (Å²) >= 11 is 0. The molecule has 2 aromatic carbocycles. The Hall–Kier alpha value is -3.67. The smallest absolute Gasteiger partial charge is 0.307 e. The molecule has 0 bridgehead atoms. The Morgan fingerprint density at radius 3 is 2.36 bits per heavy atom. The van der Waals surface area contributed by atoms with Crippen LogP contribution in [0.15, 0.2) is 77.7 Å². The average molecular weight is 374 g/mol. The van der Waals surface area contributed by atoms with E-state index in [4.69, 9.17) is 5.11 Å². The van der Waals surface area contributed by atoms with Gasteiger partial charge in [-0.25, -0.2) is 0 Å². The Balaban J connectivity index is 1.88. The summed E-state index contributed by atoms with van der Waals surface area (Å²) in [5.74, 6) is -0.608. The molecule has 28 heavy (non-hydrogen) atoms. The molecular weight excluding hydrogens is 356 g/mol. The topological polar surface area (TPSA) is 88.4 Å². The molecule has 0 radical (unpaired) electrons. The van der Waals surface area contributed by atoms with Crippen molar-refractivity contribution >= 4 is 17.7 Å². The lowest BCUT2D eigenvalue weighted by atomic mass is 9.72. The first-order valence-electron chi connectivity index (χ1n) is 8.89. The zero-order valence-electron chi connectivity index (χ0n) is 15.0. The molecule has 4 rings (SSSR count). The molecule has 0 saturated heterocycles. The largest absolute Gasteiger partial charge is 0.481 e. The molecule has 2 heterocycles. The van der Waals surface area contributed by atoms with E-state index in [1.54, 1.807) is 24.3 Å². The van der Waals surface area contributed by atoms with Gasteiger partial charge in [0.15, 0.2) is 5.43 Å². The van der Waals surface area contributed by atoms with E-state index in [-0.39, 0.29) is 24.3 Å². The van der Waals surface area contributed by atoms with Crippen molar-refractivity contribution in [3.8, 4) is 0 Å². The molecule has 6 heteroatoms. The number of pyridine rings is 1. The number of nitrogens with one attached hydrogen (secondary N) is 1. The number of hydrogen-bond acceptors (Lipinski definition) is 4. The van der Waals surface area contributed by atoms with Gasteiger partial charge >= 0.3 is 5.97 Å². The molecule has 140 valence electrons. The van der Waals surface area contributed by atoms with Crippen molar-refractivity contribution in [2.75, 3.05) is 11.9 Å². The lowest BCUT2D eigenvalue weighted by Crippen LogP contribution is -2.50. The van der Waals surface area contributed by atoms with E-state index >= 15 is 0 Å². The lowest BCUT2D eigenvalue weighted by Gasteiger charge is -2.39. The summed E-state index contributed by atoms with van der Waals surface area (Å²) in [7, 11) is 0. The van der Waals surface area contributed by atoms with Gasteiger partial charge in [0.2, 0.25) is 5.91 Å². The number of carbonyl (C=O) groups excluding carboxylic acids is 1. The molecule has 0 fully saturated rings. The molecular formula is C22H18N2O4. The first-order chi connectivity index (χ1) is 13.5. The van der Waals surface area contributed by atoms with Crippen LogP contribution in [0.4, 0.5) is 5.82 Å². The van der Waals surface area contributed by atoms with E-state index in [0.29, 0.717) is 11.4 Å². The summed E-state index contributed by atoms with van der Waals surface area (Å²) < 4.78 is 1.46. The molecule has 3 aromatic rings. The van der Waals surface area contributed by atoms with Gasteiger partial charge in [0.05, 0.1) is 6.42 Å². The average Bonchev–Trinajstić information content (AvgIpc) is 2.69. The Morgan fingerprint density at radius 1 is 1.00 bits per heavy atom. The second-order valence-corrected chi connectivity index (χ2v) is 6.82. The van der Waals surface area contributed by atoms with Gasteiger partial charge < -0.3 is 10.4 Å². The summed E-state index contributed by atoms with van der Waals surface area (Å²) in [6.07, 6.45) is 1.41. The summed E-state index contributed by atoms with van der Waals surface area (Å²) in [6, 6.07) is 19.3. The standard InChI is InChI=1S/C22H18N2O4/c25-18-10-11-24-19(13-18)23-14-22(21(24)28,16-4-2-1-3-5-16)17-8-6-15(7-9-17)12-20(26)27/h1-11,13,23H,12,14H2,(H,26,27). The van der Waals surface area contributed by atoms with E-state index in [1.807, 2.05) is 30.3 Å². The number of anilines is 1. The van der Waals surface area contributed by atoms with Gasteiger partial charge in [0, 0.05) is 24.9 Å². The third-order valence-corrected chi connectivity index (χ3v) is 5.11. The number of aliphatic carboxylic acids is 1. The molecule has 0 aliphatic carbocycles. The maximum absolute atomic E-state index is 13.6. The van der Waals surface area contributed by atoms with Gasteiger partial charge in [-0.2, -0.15) is 0 Å². The molecule has 1 aliphatic rings. The van der Waals surface area contributed by atoms with Crippen LogP contribution in [0.2, 0.25) is 0 Å². The third kappa shape index (κ3) is 2.89. The van der Waals surface area contributed by atoms with Gasteiger partial charge in [-0.1, -0.05) is 54.6 Å². The van der Waals surface area contributed by atoms with E-state index in [1.165, 1.54) is 22.9 Å². The number of rotatable bonds is 4. The SMILES string of the molecule is O=C(O)Cc1ccc(C2(c3ccccc3)CNc3cc(=O)ccn3C2=O)cc1. The number of nitrogens with zero attached hydrogens (tertiary/aromatic N) is 1. The van der Waals surface area contributed by atoms with Gasteiger partial charge in [-0.15, -0.1) is 0 Å². The highest BCUT2D eigenvalue weighted by Gasteiger charge is 2.45. The molecule has 1 aromatic heterocycles. The highest BCUT2D eigenvalue weighted by molar-refractivity contribution is 5.98. The second kappa shape index (κ2) is 6.81. The van der Waals surface area contributed by atoms with Gasteiger partial charge in [-0.3, -0.25) is 19.0 Å². The first kappa shape index (κ1) is 17.7. The third-order valence-electron chi connectivity index (χ3n) is 5.11. The number of hydrogen-bond donors (Lipinski definition) is 2. The molecule has 6 nitrogen and oxygen atoms in total. The van der Waals surface area contributed by atoms with Crippen LogP contribution in [0, 0.1) is 0 Å². The number of carboxylic acids is 1. The van der Waals surface area contributed by atoms with Crippen LogP contribution in [0.25, 0.3) is 0 Å². The van der Waals surface area contributed by atoms with Crippen molar-refractivity contribution in [1.29, 1.82) is 0 Å². The van der Waals surface area contributed by atoms with Crippen LogP contribution in [-0.4, -0.2) is 28.1 Å². The maximum atomic E-state index is 13.6.